The van der Waals surface area contributed by atoms with Gasteiger partial charge in [0.05, 0.1) is 6.04 Å². The van der Waals surface area contributed by atoms with E-state index in [9.17, 15) is 4.79 Å². The van der Waals surface area contributed by atoms with Crippen LogP contribution in [0.1, 0.15) is 56.4 Å². The number of likely N-dealkylation sites (N-methyl/N-ethyl adjacent to an activating group) is 1. The van der Waals surface area contributed by atoms with E-state index in [0.29, 0.717) is 24.7 Å². The number of aromatic nitrogens is 2. The second-order valence-electron chi connectivity index (χ2n) is 6.20. The van der Waals surface area contributed by atoms with E-state index in [1.165, 1.54) is 0 Å². The van der Waals surface area contributed by atoms with Crippen molar-refractivity contribution in [1.82, 2.24) is 20.4 Å². The van der Waals surface area contributed by atoms with Gasteiger partial charge in [-0.05, 0) is 12.0 Å². The molecule has 0 radical (unpaired) electrons. The third kappa shape index (κ3) is 4.81. The Morgan fingerprint density at radius 2 is 2.00 bits per heavy atom. The minimum absolute atomic E-state index is 0.0128. The second kappa shape index (κ2) is 8.47. The monoisotopic (exact) mass is 330 g/mol. The first-order valence-electron chi connectivity index (χ1n) is 8.40. The van der Waals surface area contributed by atoms with Crippen LogP contribution in [0.15, 0.2) is 34.9 Å². The van der Waals surface area contributed by atoms with Gasteiger partial charge in [0.15, 0.2) is 5.82 Å². The Bertz CT molecular complexity index is 639. The van der Waals surface area contributed by atoms with E-state index in [4.69, 9.17) is 4.52 Å². The quantitative estimate of drug-likeness (QED) is 0.843. The Balaban J connectivity index is 1.87. The molecule has 0 bridgehead atoms. The molecule has 1 atom stereocenters. The predicted octanol–water partition coefficient (Wildman–Crippen LogP) is 3.53. The molecule has 2 rings (SSSR count). The maximum atomic E-state index is 12.4. The number of benzene rings is 1. The van der Waals surface area contributed by atoms with E-state index in [1.807, 2.05) is 44.2 Å². The Morgan fingerprint density at radius 1 is 1.29 bits per heavy atom. The van der Waals surface area contributed by atoms with Gasteiger partial charge in [-0.3, -0.25) is 0 Å². The van der Waals surface area contributed by atoms with Crippen molar-refractivity contribution in [2.45, 2.75) is 45.6 Å². The van der Waals surface area contributed by atoms with E-state index in [2.05, 4.69) is 22.4 Å². The van der Waals surface area contributed by atoms with Gasteiger partial charge in [0.2, 0.25) is 5.89 Å². The molecule has 24 heavy (non-hydrogen) atoms. The van der Waals surface area contributed by atoms with Crippen LogP contribution in [0.2, 0.25) is 0 Å². The van der Waals surface area contributed by atoms with Crippen molar-refractivity contribution in [2.75, 3.05) is 13.6 Å². The van der Waals surface area contributed by atoms with Gasteiger partial charge in [0, 0.05) is 25.9 Å². The zero-order chi connectivity index (χ0) is 17.5. The van der Waals surface area contributed by atoms with Gasteiger partial charge >= 0.3 is 6.03 Å². The van der Waals surface area contributed by atoms with Gasteiger partial charge in [-0.15, -0.1) is 0 Å². The number of hydrogen-bond acceptors (Lipinski definition) is 4. The molecule has 1 N–H and O–H groups in total. The Kier molecular flexibility index (Phi) is 6.35. The van der Waals surface area contributed by atoms with E-state index in [0.717, 1.165) is 12.0 Å². The third-order valence-electron chi connectivity index (χ3n) is 3.90. The van der Waals surface area contributed by atoms with Crippen LogP contribution in [0.4, 0.5) is 4.79 Å². The summed E-state index contributed by atoms with van der Waals surface area (Å²) in [6.45, 7) is 6.61. The highest BCUT2D eigenvalue weighted by atomic mass is 16.5. The molecule has 6 nitrogen and oxygen atoms in total. The van der Waals surface area contributed by atoms with Crippen LogP contribution in [-0.2, 0) is 6.42 Å². The highest BCUT2D eigenvalue weighted by Crippen LogP contribution is 2.16. The smallest absolute Gasteiger partial charge is 0.317 e. The van der Waals surface area contributed by atoms with Crippen LogP contribution in [0, 0.1) is 0 Å². The molecule has 2 amide bonds. The van der Waals surface area contributed by atoms with Crippen molar-refractivity contribution in [3.8, 4) is 0 Å². The largest absolute Gasteiger partial charge is 0.339 e. The van der Waals surface area contributed by atoms with Crippen molar-refractivity contribution < 1.29 is 9.32 Å². The van der Waals surface area contributed by atoms with E-state index in [-0.39, 0.29) is 18.0 Å². The molecule has 2 aromatic rings. The number of nitrogens with one attached hydrogen (secondary N) is 1. The molecule has 0 fully saturated rings. The maximum absolute atomic E-state index is 12.4. The van der Waals surface area contributed by atoms with Crippen molar-refractivity contribution >= 4 is 6.03 Å². The minimum Gasteiger partial charge on any atom is -0.339 e. The van der Waals surface area contributed by atoms with Crippen LogP contribution in [0.5, 0.6) is 0 Å². The van der Waals surface area contributed by atoms with Crippen LogP contribution in [-0.4, -0.2) is 34.7 Å². The molecule has 130 valence electrons. The number of hydrogen-bond donors (Lipinski definition) is 1. The predicted molar refractivity (Wildman–Crippen MR) is 92.7 cm³/mol. The zero-order valence-electron chi connectivity index (χ0n) is 14.8. The minimum atomic E-state index is -0.0988. The van der Waals surface area contributed by atoms with Crippen LogP contribution in [0.3, 0.4) is 0 Å². The Morgan fingerprint density at radius 3 is 2.58 bits per heavy atom. The molecule has 0 aliphatic rings. The summed E-state index contributed by atoms with van der Waals surface area (Å²) >= 11 is 0. The van der Waals surface area contributed by atoms with Crippen LogP contribution >= 0.6 is 0 Å². The van der Waals surface area contributed by atoms with Crippen molar-refractivity contribution in [1.29, 1.82) is 0 Å². The fourth-order valence-corrected chi connectivity index (χ4v) is 2.34. The fraction of sp³-hybridized carbons (Fsp3) is 0.500. The van der Waals surface area contributed by atoms with Gasteiger partial charge < -0.3 is 14.7 Å². The molecule has 0 aliphatic carbocycles. The maximum Gasteiger partial charge on any atom is 0.317 e. The third-order valence-corrected chi connectivity index (χ3v) is 3.90. The molecule has 1 heterocycles. The number of urea groups is 1. The van der Waals surface area contributed by atoms with E-state index >= 15 is 0 Å². The summed E-state index contributed by atoms with van der Waals surface area (Å²) in [6, 6.07) is 9.91. The average Bonchev–Trinajstić information content (AvgIpc) is 3.07. The van der Waals surface area contributed by atoms with Gasteiger partial charge in [-0.2, -0.15) is 4.98 Å². The SMILES string of the molecule is CC[C@H](NC(=O)N(C)CCc1noc(C(C)C)n1)c1ccccc1. The van der Waals surface area contributed by atoms with E-state index < -0.39 is 0 Å². The first-order valence-corrected chi connectivity index (χ1v) is 8.40. The molecule has 0 aliphatic heterocycles. The van der Waals surface area contributed by atoms with Crippen molar-refractivity contribution in [2.24, 2.45) is 0 Å². The number of rotatable bonds is 7. The molecule has 1 aromatic heterocycles. The summed E-state index contributed by atoms with van der Waals surface area (Å²) in [4.78, 5) is 18.4. The molecule has 0 spiro atoms. The normalized spacial score (nSPS) is 12.2. The Labute approximate surface area is 143 Å². The van der Waals surface area contributed by atoms with Gasteiger partial charge in [-0.25, -0.2) is 4.79 Å². The highest BCUT2D eigenvalue weighted by Gasteiger charge is 2.16. The molecular formula is C18H26N4O2. The number of amides is 2. The lowest BCUT2D eigenvalue weighted by molar-refractivity contribution is 0.204. The van der Waals surface area contributed by atoms with Crippen LogP contribution in [0.25, 0.3) is 0 Å². The summed E-state index contributed by atoms with van der Waals surface area (Å²) in [5.74, 6) is 1.48. The van der Waals surface area contributed by atoms with Crippen molar-refractivity contribution in [3.63, 3.8) is 0 Å². The van der Waals surface area contributed by atoms with Crippen molar-refractivity contribution in [3.05, 3.63) is 47.6 Å². The average molecular weight is 330 g/mol. The zero-order valence-corrected chi connectivity index (χ0v) is 14.8. The molecule has 6 heteroatoms. The molecule has 0 unspecified atom stereocenters. The lowest BCUT2D eigenvalue weighted by atomic mass is 10.1. The Hall–Kier alpha value is -2.37. The molecule has 1 aromatic carbocycles. The summed E-state index contributed by atoms with van der Waals surface area (Å²) in [5.41, 5.74) is 1.11. The summed E-state index contributed by atoms with van der Waals surface area (Å²) in [7, 11) is 1.77. The van der Waals surface area contributed by atoms with Gasteiger partial charge in [-0.1, -0.05) is 56.3 Å². The lowest BCUT2D eigenvalue weighted by Crippen LogP contribution is -2.40. The summed E-state index contributed by atoms with van der Waals surface area (Å²) in [5, 5.41) is 7.01. The molecular weight excluding hydrogens is 304 g/mol. The first kappa shape index (κ1) is 18.0. The summed E-state index contributed by atoms with van der Waals surface area (Å²) < 4.78 is 5.18. The number of nitrogens with zero attached hydrogens (tertiary/aromatic N) is 3. The van der Waals surface area contributed by atoms with Crippen LogP contribution < -0.4 is 5.32 Å². The number of carbonyl (C=O) groups is 1. The molecule has 0 saturated heterocycles. The number of carbonyl (C=O) groups excluding carboxylic acids is 1. The van der Waals surface area contributed by atoms with Gasteiger partial charge in [0.1, 0.15) is 0 Å². The first-order chi connectivity index (χ1) is 11.5. The topological polar surface area (TPSA) is 71.3 Å². The fourth-order valence-electron chi connectivity index (χ4n) is 2.34. The second-order valence-corrected chi connectivity index (χ2v) is 6.20. The van der Waals surface area contributed by atoms with Gasteiger partial charge in [0.25, 0.3) is 0 Å². The summed E-state index contributed by atoms with van der Waals surface area (Å²) in [6.07, 6.45) is 1.41. The lowest BCUT2D eigenvalue weighted by Gasteiger charge is -2.22. The standard InChI is InChI=1S/C18H26N4O2/c1-5-15(14-9-7-6-8-10-14)19-18(23)22(4)12-11-16-20-17(13(2)3)24-21-16/h6-10,13,15H,5,11-12H2,1-4H3,(H,19,23)/t15-/m0/s1. The molecule has 0 saturated carbocycles. The highest BCUT2D eigenvalue weighted by molar-refractivity contribution is 5.74. The van der Waals surface area contributed by atoms with E-state index in [1.54, 1.807) is 11.9 Å².